The van der Waals surface area contributed by atoms with Crippen molar-refractivity contribution < 1.29 is 18.7 Å². The quantitative estimate of drug-likeness (QED) is 0.552. The average Bonchev–Trinajstić information content (AvgIpc) is 2.29. The number of hydrogen-bond acceptors (Lipinski definition) is 3. The van der Waals surface area contributed by atoms with Gasteiger partial charge in [-0.25, -0.2) is 4.39 Å². The van der Waals surface area contributed by atoms with Crippen molar-refractivity contribution in [1.82, 2.24) is 0 Å². The van der Waals surface area contributed by atoms with Crippen molar-refractivity contribution in [1.29, 1.82) is 0 Å². The highest BCUT2D eigenvalue weighted by atomic mass is 19.1. The van der Waals surface area contributed by atoms with Gasteiger partial charge in [0.05, 0.1) is 12.7 Å². The second-order valence-electron chi connectivity index (χ2n) is 3.32. The van der Waals surface area contributed by atoms with Gasteiger partial charge in [0, 0.05) is 6.61 Å². The number of halogens is 1. The van der Waals surface area contributed by atoms with Gasteiger partial charge in [-0.2, -0.15) is 0 Å². The molecule has 0 aliphatic heterocycles. The Kier molecular flexibility index (Phi) is 4.92. The molecule has 88 valence electrons. The zero-order valence-corrected chi connectivity index (χ0v) is 9.46. The number of benzene rings is 1. The van der Waals surface area contributed by atoms with Crippen molar-refractivity contribution in [3.05, 3.63) is 29.6 Å². The monoisotopic (exact) mass is 226 g/mol. The van der Waals surface area contributed by atoms with Crippen LogP contribution in [0.2, 0.25) is 0 Å². The standard InChI is InChI=1S/C12H15FO3/c1-3-6-16-8-11(14)10-7-9(13)4-5-12(10)15-2/h4-5,7H,3,6,8H2,1-2H3. The summed E-state index contributed by atoms with van der Waals surface area (Å²) in [4.78, 5) is 11.7. The fraction of sp³-hybridized carbons (Fsp3) is 0.417. The number of hydrogen-bond donors (Lipinski definition) is 0. The van der Waals surface area contributed by atoms with Gasteiger partial charge < -0.3 is 9.47 Å². The fourth-order valence-electron chi connectivity index (χ4n) is 1.29. The van der Waals surface area contributed by atoms with Gasteiger partial charge in [0.15, 0.2) is 5.78 Å². The highest BCUT2D eigenvalue weighted by Crippen LogP contribution is 2.19. The summed E-state index contributed by atoms with van der Waals surface area (Å²) >= 11 is 0. The van der Waals surface area contributed by atoms with Crippen molar-refractivity contribution in [2.75, 3.05) is 20.3 Å². The van der Waals surface area contributed by atoms with Crippen LogP contribution >= 0.6 is 0 Å². The molecule has 1 rings (SSSR count). The molecule has 0 amide bonds. The third-order valence-corrected chi connectivity index (χ3v) is 2.04. The lowest BCUT2D eigenvalue weighted by Crippen LogP contribution is -2.11. The molecule has 0 saturated heterocycles. The Morgan fingerprint density at radius 3 is 2.81 bits per heavy atom. The summed E-state index contributed by atoms with van der Waals surface area (Å²) in [7, 11) is 1.44. The lowest BCUT2D eigenvalue weighted by Gasteiger charge is -2.07. The van der Waals surface area contributed by atoms with Crippen molar-refractivity contribution in [3.8, 4) is 5.75 Å². The topological polar surface area (TPSA) is 35.5 Å². The minimum absolute atomic E-state index is 0.0480. The Hall–Kier alpha value is -1.42. The maximum absolute atomic E-state index is 13.0. The third kappa shape index (κ3) is 3.31. The molecule has 0 heterocycles. The Labute approximate surface area is 94.2 Å². The summed E-state index contributed by atoms with van der Waals surface area (Å²) in [5.74, 6) is -0.365. The molecule has 0 aromatic heterocycles. The summed E-state index contributed by atoms with van der Waals surface area (Å²) in [5.41, 5.74) is 0.221. The molecule has 0 aliphatic carbocycles. The van der Waals surface area contributed by atoms with Crippen LogP contribution in [0.25, 0.3) is 0 Å². The van der Waals surface area contributed by atoms with Gasteiger partial charge in [-0.3, -0.25) is 4.79 Å². The highest BCUT2D eigenvalue weighted by Gasteiger charge is 2.13. The smallest absolute Gasteiger partial charge is 0.192 e. The highest BCUT2D eigenvalue weighted by molar-refractivity contribution is 5.99. The number of ketones is 1. The first-order valence-electron chi connectivity index (χ1n) is 5.13. The third-order valence-electron chi connectivity index (χ3n) is 2.04. The summed E-state index contributed by atoms with van der Waals surface area (Å²) in [6.45, 7) is 2.42. The fourth-order valence-corrected chi connectivity index (χ4v) is 1.29. The van der Waals surface area contributed by atoms with Crippen molar-refractivity contribution >= 4 is 5.78 Å². The van der Waals surface area contributed by atoms with Crippen LogP contribution in [-0.4, -0.2) is 26.1 Å². The van der Waals surface area contributed by atoms with Crippen LogP contribution in [0.4, 0.5) is 4.39 Å². The Bertz CT molecular complexity index is 363. The summed E-state index contributed by atoms with van der Waals surface area (Å²) < 4.78 is 23.1. The lowest BCUT2D eigenvalue weighted by atomic mass is 10.1. The molecule has 1 aromatic rings. The summed E-state index contributed by atoms with van der Waals surface area (Å²) in [5, 5.41) is 0. The van der Waals surface area contributed by atoms with E-state index in [0.29, 0.717) is 12.4 Å². The number of rotatable bonds is 6. The molecule has 0 fully saturated rings. The molecular weight excluding hydrogens is 211 g/mol. The number of carbonyl (C=O) groups excluding carboxylic acids is 1. The van der Waals surface area contributed by atoms with Gasteiger partial charge in [0.1, 0.15) is 18.2 Å². The molecular formula is C12H15FO3. The molecule has 0 bridgehead atoms. The molecule has 4 heteroatoms. The maximum Gasteiger partial charge on any atom is 0.192 e. The zero-order valence-electron chi connectivity index (χ0n) is 9.46. The van der Waals surface area contributed by atoms with Crippen LogP contribution in [0.3, 0.4) is 0 Å². The van der Waals surface area contributed by atoms with E-state index < -0.39 is 5.82 Å². The Balaban J connectivity index is 2.76. The van der Waals surface area contributed by atoms with Crippen LogP contribution < -0.4 is 4.74 Å². The number of Topliss-reactive ketones (excluding diaryl/α,β-unsaturated/α-hetero) is 1. The van der Waals surface area contributed by atoms with Crippen LogP contribution in [-0.2, 0) is 4.74 Å². The summed E-state index contributed by atoms with van der Waals surface area (Å²) in [6, 6.07) is 3.85. The maximum atomic E-state index is 13.0. The van der Waals surface area contributed by atoms with Gasteiger partial charge >= 0.3 is 0 Å². The molecule has 0 aliphatic rings. The van der Waals surface area contributed by atoms with E-state index in [1.54, 1.807) is 0 Å². The van der Waals surface area contributed by atoms with Gasteiger partial charge in [0.2, 0.25) is 0 Å². The SMILES string of the molecule is CCCOCC(=O)c1cc(F)ccc1OC. The van der Waals surface area contributed by atoms with E-state index >= 15 is 0 Å². The van der Waals surface area contributed by atoms with Crippen LogP contribution in [0, 0.1) is 5.82 Å². The van der Waals surface area contributed by atoms with Crippen LogP contribution in [0.15, 0.2) is 18.2 Å². The van der Waals surface area contributed by atoms with E-state index in [2.05, 4.69) is 0 Å². The van der Waals surface area contributed by atoms with Crippen molar-refractivity contribution in [2.45, 2.75) is 13.3 Å². The van der Waals surface area contributed by atoms with Crippen LogP contribution in [0.1, 0.15) is 23.7 Å². The first-order valence-corrected chi connectivity index (χ1v) is 5.13. The average molecular weight is 226 g/mol. The summed E-state index contributed by atoms with van der Waals surface area (Å²) in [6.07, 6.45) is 0.841. The minimum atomic E-state index is -0.459. The van der Waals surface area contributed by atoms with Crippen molar-refractivity contribution in [2.24, 2.45) is 0 Å². The van der Waals surface area contributed by atoms with E-state index in [1.165, 1.54) is 19.2 Å². The van der Waals surface area contributed by atoms with E-state index in [1.807, 2.05) is 6.92 Å². The Morgan fingerprint density at radius 1 is 1.44 bits per heavy atom. The molecule has 0 atom stereocenters. The van der Waals surface area contributed by atoms with Gasteiger partial charge in [0.25, 0.3) is 0 Å². The normalized spacial score (nSPS) is 10.2. The number of carbonyl (C=O) groups is 1. The molecule has 1 aromatic carbocycles. The molecule has 3 nitrogen and oxygen atoms in total. The molecule has 16 heavy (non-hydrogen) atoms. The second kappa shape index (κ2) is 6.23. The molecule has 0 radical (unpaired) electrons. The van der Waals surface area contributed by atoms with Gasteiger partial charge in [-0.05, 0) is 24.6 Å². The van der Waals surface area contributed by atoms with E-state index in [0.717, 1.165) is 12.5 Å². The first kappa shape index (κ1) is 12.6. The van der Waals surface area contributed by atoms with E-state index in [4.69, 9.17) is 9.47 Å². The van der Waals surface area contributed by atoms with E-state index in [-0.39, 0.29) is 18.0 Å². The lowest BCUT2D eigenvalue weighted by molar-refractivity contribution is 0.0758. The molecule has 0 unspecified atom stereocenters. The predicted octanol–water partition coefficient (Wildman–Crippen LogP) is 2.44. The molecule has 0 spiro atoms. The van der Waals surface area contributed by atoms with Crippen LogP contribution in [0.5, 0.6) is 5.75 Å². The number of ether oxygens (including phenoxy) is 2. The molecule has 0 saturated carbocycles. The largest absolute Gasteiger partial charge is 0.496 e. The number of methoxy groups -OCH3 is 1. The zero-order chi connectivity index (χ0) is 12.0. The molecule has 0 N–H and O–H groups in total. The first-order chi connectivity index (χ1) is 7.69. The van der Waals surface area contributed by atoms with Gasteiger partial charge in [-0.15, -0.1) is 0 Å². The Morgan fingerprint density at radius 2 is 2.19 bits per heavy atom. The van der Waals surface area contributed by atoms with Gasteiger partial charge in [-0.1, -0.05) is 6.92 Å². The van der Waals surface area contributed by atoms with E-state index in [9.17, 15) is 9.18 Å². The van der Waals surface area contributed by atoms with Crippen molar-refractivity contribution in [3.63, 3.8) is 0 Å². The minimum Gasteiger partial charge on any atom is -0.496 e. The second-order valence-corrected chi connectivity index (χ2v) is 3.32. The predicted molar refractivity (Wildman–Crippen MR) is 58.4 cm³/mol.